The zero-order valence-electron chi connectivity index (χ0n) is 12.5. The second-order valence-corrected chi connectivity index (χ2v) is 8.26. The molecule has 1 aliphatic carbocycles. The number of carbonyl (C=O) groups is 2. The predicted molar refractivity (Wildman–Crippen MR) is 86.1 cm³/mol. The lowest BCUT2D eigenvalue weighted by Gasteiger charge is -2.12. The Morgan fingerprint density at radius 1 is 1.04 bits per heavy atom. The van der Waals surface area contributed by atoms with Crippen molar-refractivity contribution in [3.05, 3.63) is 29.8 Å². The van der Waals surface area contributed by atoms with Crippen LogP contribution in [-0.4, -0.2) is 43.9 Å². The standard InChI is InChI=1S/C15H19N3O4S/c19-14(16-11-4-5-11)10-2-1-3-12(8-10)17-15(20)18-13-6-7-23(21,22)9-13/h1-3,8,11,13H,4-7,9H2,(H,16,19)(H2,17,18,20). The molecule has 1 atom stereocenters. The molecular weight excluding hydrogens is 318 g/mol. The Bertz CT molecular complexity index is 728. The number of rotatable bonds is 4. The highest BCUT2D eigenvalue weighted by molar-refractivity contribution is 7.91. The minimum atomic E-state index is -3.03. The van der Waals surface area contributed by atoms with Crippen molar-refractivity contribution >= 4 is 27.5 Å². The number of benzene rings is 1. The molecule has 2 aliphatic rings. The minimum Gasteiger partial charge on any atom is -0.349 e. The Morgan fingerprint density at radius 3 is 2.48 bits per heavy atom. The largest absolute Gasteiger partial charge is 0.349 e. The summed E-state index contributed by atoms with van der Waals surface area (Å²) in [6, 6.07) is 6.10. The summed E-state index contributed by atoms with van der Waals surface area (Å²) in [5.74, 6) is -0.0719. The topological polar surface area (TPSA) is 104 Å². The summed E-state index contributed by atoms with van der Waals surface area (Å²) < 4.78 is 22.8. The summed E-state index contributed by atoms with van der Waals surface area (Å²) in [5.41, 5.74) is 0.977. The van der Waals surface area contributed by atoms with Crippen LogP contribution in [0.5, 0.6) is 0 Å². The van der Waals surface area contributed by atoms with E-state index in [1.165, 1.54) is 0 Å². The van der Waals surface area contributed by atoms with E-state index in [0.29, 0.717) is 17.7 Å². The van der Waals surface area contributed by atoms with Crippen LogP contribution in [0.3, 0.4) is 0 Å². The van der Waals surface area contributed by atoms with E-state index in [-0.39, 0.29) is 29.5 Å². The van der Waals surface area contributed by atoms with Gasteiger partial charge >= 0.3 is 6.03 Å². The number of hydrogen-bond donors (Lipinski definition) is 3. The Hall–Kier alpha value is -2.09. The maximum atomic E-state index is 12.0. The molecule has 0 bridgehead atoms. The summed E-state index contributed by atoms with van der Waals surface area (Å²) in [5, 5.41) is 8.16. The lowest BCUT2D eigenvalue weighted by atomic mass is 10.2. The second kappa shape index (κ2) is 6.19. The SMILES string of the molecule is O=C(Nc1cccc(C(=O)NC2CC2)c1)NC1CCS(=O)(=O)C1. The molecular formula is C15H19N3O4S. The lowest BCUT2D eigenvalue weighted by molar-refractivity contribution is 0.0951. The Morgan fingerprint density at radius 2 is 1.83 bits per heavy atom. The van der Waals surface area contributed by atoms with Gasteiger partial charge < -0.3 is 16.0 Å². The number of anilines is 1. The van der Waals surface area contributed by atoms with Crippen LogP contribution in [0.25, 0.3) is 0 Å². The highest BCUT2D eigenvalue weighted by atomic mass is 32.2. The molecule has 1 saturated carbocycles. The number of carbonyl (C=O) groups excluding carboxylic acids is 2. The maximum Gasteiger partial charge on any atom is 0.319 e. The third-order valence-corrected chi connectivity index (χ3v) is 5.63. The molecule has 1 heterocycles. The molecule has 23 heavy (non-hydrogen) atoms. The lowest BCUT2D eigenvalue weighted by Crippen LogP contribution is -2.38. The first kappa shape index (κ1) is 15.8. The molecule has 124 valence electrons. The fourth-order valence-corrected chi connectivity index (χ4v) is 4.17. The molecule has 3 N–H and O–H groups in total. The number of nitrogens with one attached hydrogen (secondary N) is 3. The highest BCUT2D eigenvalue weighted by Crippen LogP contribution is 2.20. The van der Waals surface area contributed by atoms with Crippen molar-refractivity contribution in [2.75, 3.05) is 16.8 Å². The summed E-state index contributed by atoms with van der Waals surface area (Å²) >= 11 is 0. The van der Waals surface area contributed by atoms with Gasteiger partial charge in [0.05, 0.1) is 11.5 Å². The van der Waals surface area contributed by atoms with E-state index in [2.05, 4.69) is 16.0 Å². The van der Waals surface area contributed by atoms with Crippen molar-refractivity contribution in [1.29, 1.82) is 0 Å². The molecule has 0 radical (unpaired) electrons. The molecule has 0 aromatic heterocycles. The summed E-state index contributed by atoms with van der Waals surface area (Å²) in [6.07, 6.45) is 2.45. The van der Waals surface area contributed by atoms with Gasteiger partial charge in [0.1, 0.15) is 0 Å². The van der Waals surface area contributed by atoms with E-state index in [9.17, 15) is 18.0 Å². The van der Waals surface area contributed by atoms with Crippen LogP contribution in [0.15, 0.2) is 24.3 Å². The van der Waals surface area contributed by atoms with Crippen LogP contribution in [0.1, 0.15) is 29.6 Å². The summed E-state index contributed by atoms with van der Waals surface area (Å²) in [6.45, 7) is 0. The molecule has 1 aromatic carbocycles. The van der Waals surface area contributed by atoms with Crippen molar-refractivity contribution in [2.45, 2.75) is 31.3 Å². The van der Waals surface area contributed by atoms with Gasteiger partial charge in [0.2, 0.25) is 0 Å². The van der Waals surface area contributed by atoms with E-state index in [1.54, 1.807) is 24.3 Å². The Labute approximate surface area is 134 Å². The minimum absolute atomic E-state index is 0.0236. The third kappa shape index (κ3) is 4.44. The normalized spacial score (nSPS) is 22.3. The molecule has 7 nitrogen and oxygen atoms in total. The first-order chi connectivity index (χ1) is 10.9. The van der Waals surface area contributed by atoms with Gasteiger partial charge in [-0.15, -0.1) is 0 Å². The molecule has 1 aromatic rings. The van der Waals surface area contributed by atoms with Crippen LogP contribution in [0, 0.1) is 0 Å². The molecule has 1 aliphatic heterocycles. The number of sulfone groups is 1. The van der Waals surface area contributed by atoms with Gasteiger partial charge in [-0.3, -0.25) is 4.79 Å². The average molecular weight is 337 g/mol. The quantitative estimate of drug-likeness (QED) is 0.759. The molecule has 1 saturated heterocycles. The fourth-order valence-electron chi connectivity index (χ4n) is 2.50. The molecule has 8 heteroatoms. The van der Waals surface area contributed by atoms with Crippen LogP contribution in [0.4, 0.5) is 10.5 Å². The summed E-state index contributed by atoms with van der Waals surface area (Å²) in [4.78, 5) is 23.9. The van der Waals surface area contributed by atoms with E-state index in [0.717, 1.165) is 12.8 Å². The molecule has 3 rings (SSSR count). The molecule has 2 fully saturated rings. The number of amides is 3. The molecule has 1 unspecified atom stereocenters. The van der Waals surface area contributed by atoms with Crippen molar-refractivity contribution < 1.29 is 18.0 Å². The van der Waals surface area contributed by atoms with Crippen molar-refractivity contribution in [1.82, 2.24) is 10.6 Å². The predicted octanol–water partition coefficient (Wildman–Crippen LogP) is 0.887. The van der Waals surface area contributed by atoms with Crippen LogP contribution in [0.2, 0.25) is 0 Å². The first-order valence-electron chi connectivity index (χ1n) is 7.60. The second-order valence-electron chi connectivity index (χ2n) is 6.03. The first-order valence-corrected chi connectivity index (χ1v) is 9.42. The zero-order valence-corrected chi connectivity index (χ0v) is 13.4. The van der Waals surface area contributed by atoms with Gasteiger partial charge in [-0.25, -0.2) is 13.2 Å². The summed E-state index contributed by atoms with van der Waals surface area (Å²) in [7, 11) is -3.03. The number of urea groups is 1. The van der Waals surface area contributed by atoms with E-state index < -0.39 is 15.9 Å². The van der Waals surface area contributed by atoms with Crippen LogP contribution < -0.4 is 16.0 Å². The van der Waals surface area contributed by atoms with Crippen molar-refractivity contribution in [2.24, 2.45) is 0 Å². The Balaban J connectivity index is 1.56. The van der Waals surface area contributed by atoms with Gasteiger partial charge in [0.15, 0.2) is 9.84 Å². The third-order valence-electron chi connectivity index (χ3n) is 3.86. The molecule has 0 spiro atoms. The monoisotopic (exact) mass is 337 g/mol. The maximum absolute atomic E-state index is 12.0. The Kier molecular flexibility index (Phi) is 4.25. The fraction of sp³-hybridized carbons (Fsp3) is 0.467. The zero-order chi connectivity index (χ0) is 16.4. The average Bonchev–Trinajstić information content (AvgIpc) is 3.22. The van der Waals surface area contributed by atoms with Crippen molar-refractivity contribution in [3.8, 4) is 0 Å². The van der Waals surface area contributed by atoms with Crippen LogP contribution in [-0.2, 0) is 9.84 Å². The van der Waals surface area contributed by atoms with E-state index in [4.69, 9.17) is 0 Å². The van der Waals surface area contributed by atoms with Crippen molar-refractivity contribution in [3.63, 3.8) is 0 Å². The smallest absolute Gasteiger partial charge is 0.319 e. The van der Waals surface area contributed by atoms with Gasteiger partial charge in [-0.05, 0) is 37.5 Å². The van der Waals surface area contributed by atoms with E-state index >= 15 is 0 Å². The van der Waals surface area contributed by atoms with E-state index in [1.807, 2.05) is 0 Å². The van der Waals surface area contributed by atoms with Crippen LogP contribution >= 0.6 is 0 Å². The highest BCUT2D eigenvalue weighted by Gasteiger charge is 2.29. The van der Waals surface area contributed by atoms with Gasteiger partial charge in [-0.1, -0.05) is 6.07 Å². The van der Waals surface area contributed by atoms with Gasteiger partial charge in [-0.2, -0.15) is 0 Å². The van der Waals surface area contributed by atoms with Gasteiger partial charge in [0.25, 0.3) is 5.91 Å². The van der Waals surface area contributed by atoms with Gasteiger partial charge in [0, 0.05) is 23.3 Å². The number of hydrogen-bond acceptors (Lipinski definition) is 4. The molecule has 3 amide bonds.